The Morgan fingerprint density at radius 2 is 2.19 bits per heavy atom. The smallest absolute Gasteiger partial charge is 0.425 e. The van der Waals surface area contributed by atoms with E-state index in [9.17, 15) is 14.9 Å². The fraction of sp³-hybridized carbons (Fsp3) is 0.222. The van der Waals surface area contributed by atoms with Crippen LogP contribution in [0.1, 0.15) is 6.92 Å². The fourth-order valence-corrected chi connectivity index (χ4v) is 1.02. The molecule has 1 amide bonds. The number of amides is 1. The molecule has 1 aromatic carbocycles. The molecule has 0 saturated heterocycles. The van der Waals surface area contributed by atoms with E-state index in [0.29, 0.717) is 0 Å². The van der Waals surface area contributed by atoms with Gasteiger partial charge in [0, 0.05) is 6.07 Å². The molecule has 2 N–H and O–H groups in total. The molecule has 0 aromatic heterocycles. The Morgan fingerprint density at radius 3 is 2.81 bits per heavy atom. The number of nitrogens with one attached hydrogen (secondary N) is 2. The summed E-state index contributed by atoms with van der Waals surface area (Å²) in [7, 11) is 0. The van der Waals surface area contributed by atoms with Crippen molar-refractivity contribution in [2.24, 2.45) is 0 Å². The highest BCUT2D eigenvalue weighted by atomic mass is 16.6. The van der Waals surface area contributed by atoms with E-state index in [4.69, 9.17) is 0 Å². The highest BCUT2D eigenvalue weighted by Gasteiger charge is 2.12. The van der Waals surface area contributed by atoms with Crippen LogP contribution in [0.5, 0.6) is 0 Å². The van der Waals surface area contributed by atoms with Crippen molar-refractivity contribution in [2.45, 2.75) is 6.92 Å². The predicted octanol–water partition coefficient (Wildman–Crippen LogP) is 1.67. The van der Waals surface area contributed by atoms with E-state index < -0.39 is 11.0 Å². The second-order valence-corrected chi connectivity index (χ2v) is 2.74. The summed E-state index contributed by atoms with van der Waals surface area (Å²) in [4.78, 5) is 21.0. The molecule has 0 fully saturated rings. The third-order valence-corrected chi connectivity index (χ3v) is 1.68. The molecule has 0 spiro atoms. The van der Waals surface area contributed by atoms with Crippen molar-refractivity contribution in [1.82, 2.24) is 5.43 Å². The molecule has 0 aliphatic rings. The minimum atomic E-state index is -0.694. The second-order valence-electron chi connectivity index (χ2n) is 2.74. The van der Waals surface area contributed by atoms with Gasteiger partial charge in [-0.25, -0.2) is 10.2 Å². The van der Waals surface area contributed by atoms with E-state index in [1.54, 1.807) is 13.0 Å². The first-order valence-electron chi connectivity index (χ1n) is 4.57. The van der Waals surface area contributed by atoms with Crippen LogP contribution in [0, 0.1) is 10.1 Å². The number of carbonyl (C=O) groups is 1. The number of benzene rings is 1. The van der Waals surface area contributed by atoms with Gasteiger partial charge in [-0.3, -0.25) is 15.5 Å². The van der Waals surface area contributed by atoms with Gasteiger partial charge in [0.25, 0.3) is 5.69 Å². The van der Waals surface area contributed by atoms with Crippen molar-refractivity contribution < 1.29 is 14.5 Å². The Kier molecular flexibility index (Phi) is 4.07. The molecule has 16 heavy (non-hydrogen) atoms. The highest BCUT2D eigenvalue weighted by molar-refractivity contribution is 5.71. The van der Waals surface area contributed by atoms with Crippen LogP contribution in [0.25, 0.3) is 0 Å². The summed E-state index contributed by atoms with van der Waals surface area (Å²) < 4.78 is 4.58. The molecule has 7 heteroatoms. The third kappa shape index (κ3) is 3.12. The van der Waals surface area contributed by atoms with E-state index >= 15 is 0 Å². The largest absolute Gasteiger partial charge is 0.449 e. The summed E-state index contributed by atoms with van der Waals surface area (Å²) in [5, 5.41) is 10.6. The van der Waals surface area contributed by atoms with Gasteiger partial charge in [0.05, 0.1) is 11.5 Å². The number of hydrogen-bond acceptors (Lipinski definition) is 5. The molecular weight excluding hydrogens is 214 g/mol. The molecule has 0 heterocycles. The van der Waals surface area contributed by atoms with E-state index in [2.05, 4.69) is 15.6 Å². The summed E-state index contributed by atoms with van der Waals surface area (Å²) in [6, 6.07) is 5.95. The average Bonchev–Trinajstić information content (AvgIpc) is 2.27. The summed E-state index contributed by atoms with van der Waals surface area (Å²) in [5.74, 6) is 0. The maximum Gasteiger partial charge on any atom is 0.425 e. The van der Waals surface area contributed by atoms with Crippen molar-refractivity contribution in [3.63, 3.8) is 0 Å². The number of nitro benzene ring substituents is 1. The first kappa shape index (κ1) is 11.8. The predicted molar refractivity (Wildman–Crippen MR) is 56.9 cm³/mol. The Bertz CT molecular complexity index is 394. The van der Waals surface area contributed by atoms with Crippen LogP contribution in [0.4, 0.5) is 16.2 Å². The average molecular weight is 225 g/mol. The fourth-order valence-electron chi connectivity index (χ4n) is 1.02. The molecule has 0 aliphatic carbocycles. The summed E-state index contributed by atoms with van der Waals surface area (Å²) >= 11 is 0. The number of nitro groups is 1. The molecule has 1 rings (SSSR count). The lowest BCUT2D eigenvalue weighted by molar-refractivity contribution is -0.384. The Hall–Kier alpha value is -2.31. The number of hydrazine groups is 1. The van der Waals surface area contributed by atoms with Crippen molar-refractivity contribution in [3.05, 3.63) is 34.4 Å². The van der Waals surface area contributed by atoms with Crippen molar-refractivity contribution in [1.29, 1.82) is 0 Å². The Labute approximate surface area is 91.5 Å². The van der Waals surface area contributed by atoms with E-state index in [-0.39, 0.29) is 18.0 Å². The maximum absolute atomic E-state index is 10.9. The van der Waals surface area contributed by atoms with Gasteiger partial charge in [0.2, 0.25) is 0 Å². The maximum atomic E-state index is 10.9. The minimum absolute atomic E-state index is 0.126. The number of nitrogens with zero attached hydrogens (tertiary/aromatic N) is 1. The first-order valence-corrected chi connectivity index (χ1v) is 4.57. The van der Waals surface area contributed by atoms with Crippen LogP contribution in [-0.4, -0.2) is 17.6 Å². The van der Waals surface area contributed by atoms with Crippen LogP contribution < -0.4 is 10.9 Å². The van der Waals surface area contributed by atoms with Gasteiger partial charge >= 0.3 is 6.09 Å². The quantitative estimate of drug-likeness (QED) is 0.600. The number of anilines is 1. The van der Waals surface area contributed by atoms with Crippen molar-refractivity contribution >= 4 is 17.5 Å². The summed E-state index contributed by atoms with van der Waals surface area (Å²) in [5.41, 5.74) is 4.66. The lowest BCUT2D eigenvalue weighted by atomic mass is 10.3. The molecule has 0 unspecified atom stereocenters. The van der Waals surface area contributed by atoms with Gasteiger partial charge in [0.1, 0.15) is 5.69 Å². The summed E-state index contributed by atoms with van der Waals surface area (Å²) in [6.45, 7) is 1.88. The number of hydrogen-bond donors (Lipinski definition) is 2. The van der Waals surface area contributed by atoms with Gasteiger partial charge in [-0.2, -0.15) is 0 Å². The standard InChI is InChI=1S/C9H11N3O4/c1-2-16-9(13)11-10-7-5-3-4-6-8(7)12(14)15/h3-6,10H,2H2,1H3,(H,11,13). The monoisotopic (exact) mass is 225 g/mol. The van der Waals surface area contributed by atoms with Gasteiger partial charge in [0.15, 0.2) is 0 Å². The number of rotatable bonds is 4. The van der Waals surface area contributed by atoms with Gasteiger partial charge < -0.3 is 4.74 Å². The van der Waals surface area contributed by atoms with Crippen LogP contribution in [-0.2, 0) is 4.74 Å². The summed E-state index contributed by atoms with van der Waals surface area (Å²) in [6.07, 6.45) is -0.694. The SMILES string of the molecule is CCOC(=O)NNc1ccccc1[N+](=O)[O-]. The highest BCUT2D eigenvalue weighted by Crippen LogP contribution is 2.21. The molecule has 0 atom stereocenters. The van der Waals surface area contributed by atoms with Crippen LogP contribution in [0.15, 0.2) is 24.3 Å². The first-order chi connectivity index (χ1) is 7.65. The van der Waals surface area contributed by atoms with E-state index in [0.717, 1.165) is 0 Å². The molecule has 0 bridgehead atoms. The van der Waals surface area contributed by atoms with Crippen LogP contribution in [0.3, 0.4) is 0 Å². The number of carbonyl (C=O) groups excluding carboxylic acids is 1. The molecule has 0 radical (unpaired) electrons. The van der Waals surface area contributed by atoms with Gasteiger partial charge in [-0.1, -0.05) is 12.1 Å². The lowest BCUT2D eigenvalue weighted by Gasteiger charge is -2.08. The normalized spacial score (nSPS) is 9.31. The molecule has 86 valence electrons. The van der Waals surface area contributed by atoms with Crippen LogP contribution in [0.2, 0.25) is 0 Å². The zero-order chi connectivity index (χ0) is 12.0. The molecule has 0 aliphatic heterocycles. The minimum Gasteiger partial charge on any atom is -0.449 e. The van der Waals surface area contributed by atoms with Crippen molar-refractivity contribution in [2.75, 3.05) is 12.0 Å². The van der Waals surface area contributed by atoms with E-state index in [1.165, 1.54) is 18.2 Å². The van der Waals surface area contributed by atoms with E-state index in [1.807, 2.05) is 0 Å². The van der Waals surface area contributed by atoms with Crippen molar-refractivity contribution in [3.8, 4) is 0 Å². The Balaban J connectivity index is 2.66. The molecule has 7 nitrogen and oxygen atoms in total. The lowest BCUT2D eigenvalue weighted by Crippen LogP contribution is -2.30. The topological polar surface area (TPSA) is 93.5 Å². The molecule has 1 aromatic rings. The van der Waals surface area contributed by atoms with Crippen LogP contribution >= 0.6 is 0 Å². The third-order valence-electron chi connectivity index (χ3n) is 1.68. The molecule has 0 saturated carbocycles. The van der Waals surface area contributed by atoms with Gasteiger partial charge in [-0.05, 0) is 13.0 Å². The van der Waals surface area contributed by atoms with Gasteiger partial charge in [-0.15, -0.1) is 0 Å². The second kappa shape index (κ2) is 5.54. The zero-order valence-electron chi connectivity index (χ0n) is 8.60. The Morgan fingerprint density at radius 1 is 1.50 bits per heavy atom. The zero-order valence-corrected chi connectivity index (χ0v) is 8.60. The molecular formula is C9H11N3O4. The number of para-hydroxylation sites is 2. The number of ether oxygens (including phenoxy) is 1.